The van der Waals surface area contributed by atoms with E-state index in [0.29, 0.717) is 12.8 Å². The summed E-state index contributed by atoms with van der Waals surface area (Å²) in [5.74, 6) is -3.28. The third kappa shape index (κ3) is 14.1. The number of aliphatic hydroxyl groups is 3. The Morgan fingerprint density at radius 1 is 0.921 bits per heavy atom. The quantitative estimate of drug-likeness (QED) is 0.198. The number of aliphatic hydroxyl groups excluding tert-OH is 2. The van der Waals surface area contributed by atoms with Crippen molar-refractivity contribution in [2.24, 2.45) is 23.7 Å². The second-order valence-electron chi connectivity index (χ2n) is 19.4. The summed E-state index contributed by atoms with van der Waals surface area (Å²) in [6, 6.07) is -0.490. The van der Waals surface area contributed by atoms with Gasteiger partial charge in [-0.25, -0.2) is 0 Å². The van der Waals surface area contributed by atoms with E-state index in [9.17, 15) is 29.7 Å². The lowest BCUT2D eigenvalue weighted by molar-refractivity contribution is -0.341. The molecule has 4 rings (SSSR count). The lowest BCUT2D eigenvalue weighted by atomic mass is 9.81. The summed E-state index contributed by atoms with van der Waals surface area (Å²) >= 11 is 0. The lowest BCUT2D eigenvalue weighted by Gasteiger charge is -2.50. The Hall–Kier alpha value is -2.35. The predicted molar refractivity (Wildman–Crippen MR) is 234 cm³/mol. The van der Waals surface area contributed by atoms with Gasteiger partial charge in [-0.3, -0.25) is 9.59 Å². The summed E-state index contributed by atoms with van der Waals surface area (Å²) in [6.07, 6.45) is -1.68. The number of hydrogen-bond acceptors (Lipinski definition) is 16. The van der Waals surface area contributed by atoms with Crippen LogP contribution in [0.25, 0.3) is 0 Å². The molecule has 0 spiro atoms. The van der Waals surface area contributed by atoms with Gasteiger partial charge in [0.1, 0.15) is 36.8 Å². The molecular formula is C47H80N2O14. The van der Waals surface area contributed by atoms with E-state index in [1.807, 2.05) is 60.9 Å². The average Bonchev–Trinajstić information content (AvgIpc) is 3.18. The zero-order valence-corrected chi connectivity index (χ0v) is 40.2. The molecule has 4 aliphatic rings. The fourth-order valence-electron chi connectivity index (χ4n) is 9.88. The number of cyclic esters (lactones) is 1. The molecule has 4 heterocycles. The van der Waals surface area contributed by atoms with E-state index in [4.69, 9.17) is 37.9 Å². The van der Waals surface area contributed by atoms with Crippen LogP contribution in [0.15, 0.2) is 23.8 Å². The van der Waals surface area contributed by atoms with Gasteiger partial charge in [-0.2, -0.15) is 0 Å². The van der Waals surface area contributed by atoms with Crippen LogP contribution in [0.3, 0.4) is 0 Å². The minimum atomic E-state index is -1.48. The molecule has 16 heteroatoms. The van der Waals surface area contributed by atoms with E-state index in [2.05, 4.69) is 11.0 Å². The van der Waals surface area contributed by atoms with Gasteiger partial charge in [-0.15, -0.1) is 0 Å². The van der Waals surface area contributed by atoms with Gasteiger partial charge < -0.3 is 67.8 Å². The Balaban J connectivity index is 1.73. The molecule has 3 saturated heterocycles. The maximum Gasteiger partial charge on any atom is 0.309 e. The molecule has 0 aromatic carbocycles. The van der Waals surface area contributed by atoms with Gasteiger partial charge in [-0.1, -0.05) is 51.5 Å². The summed E-state index contributed by atoms with van der Waals surface area (Å²) in [6.45, 7) is 17.9. The minimum absolute atomic E-state index is 0.0210. The van der Waals surface area contributed by atoms with Crippen molar-refractivity contribution in [1.82, 2.24) is 9.80 Å². The van der Waals surface area contributed by atoms with Crippen LogP contribution < -0.4 is 0 Å². The highest BCUT2D eigenvalue weighted by Gasteiger charge is 2.51. The van der Waals surface area contributed by atoms with Gasteiger partial charge in [0, 0.05) is 37.1 Å². The Bertz CT molecular complexity index is 1540. The highest BCUT2D eigenvalue weighted by atomic mass is 16.7. The van der Waals surface area contributed by atoms with Gasteiger partial charge in [0.25, 0.3) is 0 Å². The van der Waals surface area contributed by atoms with Crippen molar-refractivity contribution in [3.8, 4) is 0 Å². The van der Waals surface area contributed by atoms with E-state index in [1.165, 1.54) is 13.8 Å². The maximum atomic E-state index is 13.7. The van der Waals surface area contributed by atoms with Crippen LogP contribution >= 0.6 is 0 Å². The van der Waals surface area contributed by atoms with Crippen LogP contribution in [0.1, 0.15) is 108 Å². The smallest absolute Gasteiger partial charge is 0.309 e. The number of likely N-dealkylation sites (N-methyl/N-ethyl adjacent to an activating group) is 2. The monoisotopic (exact) mass is 897 g/mol. The molecule has 16 nitrogen and oxygen atoms in total. The normalized spacial score (nSPS) is 45.2. The van der Waals surface area contributed by atoms with E-state index in [-0.39, 0.29) is 43.2 Å². The number of ether oxygens (including phenoxy) is 8. The first-order valence-electron chi connectivity index (χ1n) is 23.0. The van der Waals surface area contributed by atoms with Crippen molar-refractivity contribution < 1.29 is 67.6 Å². The average molecular weight is 897 g/mol. The Kier molecular flexibility index (Phi) is 19.8. The van der Waals surface area contributed by atoms with E-state index < -0.39 is 109 Å². The lowest BCUT2D eigenvalue weighted by Crippen LogP contribution is -2.65. The Labute approximate surface area is 375 Å². The number of allylic oxidation sites excluding steroid dienone is 2. The van der Waals surface area contributed by atoms with Crippen molar-refractivity contribution in [2.75, 3.05) is 28.2 Å². The van der Waals surface area contributed by atoms with Crippen molar-refractivity contribution in [3.63, 3.8) is 0 Å². The van der Waals surface area contributed by atoms with Gasteiger partial charge in [0.15, 0.2) is 18.9 Å². The molecule has 0 saturated carbocycles. The first-order chi connectivity index (χ1) is 29.5. The van der Waals surface area contributed by atoms with Crippen molar-refractivity contribution in [1.29, 1.82) is 0 Å². The zero-order valence-electron chi connectivity index (χ0n) is 40.2. The molecule has 362 valence electrons. The largest absolute Gasteiger partial charge is 0.462 e. The first-order valence-corrected chi connectivity index (χ1v) is 23.0. The van der Waals surface area contributed by atoms with Crippen molar-refractivity contribution in [3.05, 3.63) is 23.8 Å². The Morgan fingerprint density at radius 3 is 2.16 bits per heavy atom. The van der Waals surface area contributed by atoms with E-state index >= 15 is 0 Å². The second kappa shape index (κ2) is 23.4. The fraction of sp³-hybridized carbons (Fsp3) is 0.851. The summed E-state index contributed by atoms with van der Waals surface area (Å²) in [7, 11) is 7.65. The van der Waals surface area contributed by atoms with Crippen LogP contribution in [0.4, 0.5) is 0 Å². The number of hydrogen-bond donors (Lipinski definition) is 3. The topological polar surface area (TPSA) is 192 Å². The van der Waals surface area contributed by atoms with Gasteiger partial charge in [-0.05, 0) is 94.4 Å². The highest BCUT2D eigenvalue weighted by molar-refractivity contribution is 5.72. The van der Waals surface area contributed by atoms with Crippen LogP contribution in [0.2, 0.25) is 0 Å². The molecule has 0 radical (unpaired) electrons. The highest BCUT2D eigenvalue weighted by Crippen LogP contribution is 2.38. The van der Waals surface area contributed by atoms with Crippen molar-refractivity contribution in [2.45, 2.75) is 205 Å². The zero-order chi connectivity index (χ0) is 47.1. The number of esters is 2. The molecular weight excluding hydrogens is 817 g/mol. The molecule has 20 atom stereocenters. The van der Waals surface area contributed by atoms with Crippen LogP contribution in [0, 0.1) is 23.7 Å². The van der Waals surface area contributed by atoms with E-state index in [1.54, 1.807) is 39.8 Å². The number of nitrogens with zero attached hydrogens (tertiary/aromatic N) is 2. The third-order valence-electron chi connectivity index (χ3n) is 13.5. The molecule has 0 bridgehead atoms. The summed E-state index contributed by atoms with van der Waals surface area (Å²) < 4.78 is 50.6. The second-order valence-corrected chi connectivity index (χ2v) is 19.4. The van der Waals surface area contributed by atoms with Gasteiger partial charge >= 0.3 is 11.9 Å². The fourth-order valence-corrected chi connectivity index (χ4v) is 9.88. The molecule has 1 unspecified atom stereocenters. The van der Waals surface area contributed by atoms with Gasteiger partial charge in [0.05, 0.1) is 48.6 Å². The van der Waals surface area contributed by atoms with Crippen LogP contribution in [0.5, 0.6) is 0 Å². The molecule has 0 aromatic heterocycles. The number of aldehydes is 1. The molecule has 0 aliphatic carbocycles. The van der Waals surface area contributed by atoms with Crippen LogP contribution in [-0.2, 0) is 52.3 Å². The van der Waals surface area contributed by atoms with Crippen molar-refractivity contribution >= 4 is 18.2 Å². The molecule has 3 N–H and O–H groups in total. The number of rotatable bonds is 11. The summed E-state index contributed by atoms with van der Waals surface area (Å²) in [5, 5.41) is 33.6. The number of carbonyl (C=O) groups excluding carboxylic acids is 3. The molecule has 4 aliphatic heterocycles. The number of carbonyl (C=O) groups is 3. The SMILES string of the molecule is CC[C@H]1OC(=O)C[C@@H](OC(C)=O)[C@H](C)[C@@H](O[C@@H]2O[C@H](C)[C@@H](O[C@H]3C[C@@](C)(O)[C@@H](O)[C@H](C)O3)[C@H](N(C)C)[C@H]2O)[C@@H](C=O)C[C@@H](C)C(O[C@H]2CC[C@H](N(C)C)[C@@H](C)O2)/C=C/C(C)=C\[C@@H]1C. The maximum absolute atomic E-state index is 13.7. The molecule has 63 heavy (non-hydrogen) atoms. The van der Waals surface area contributed by atoms with Crippen LogP contribution in [-0.4, -0.2) is 169 Å². The summed E-state index contributed by atoms with van der Waals surface area (Å²) in [5.41, 5.74) is -0.536. The molecule has 3 fully saturated rings. The van der Waals surface area contributed by atoms with Gasteiger partial charge in [0.2, 0.25) is 0 Å². The first kappa shape index (κ1) is 53.3. The van der Waals surface area contributed by atoms with E-state index in [0.717, 1.165) is 18.3 Å². The minimum Gasteiger partial charge on any atom is -0.462 e. The summed E-state index contributed by atoms with van der Waals surface area (Å²) in [4.78, 5) is 43.8. The standard InChI is InChI=1S/C47H80N2O14/c1-15-35-26(3)20-25(2)16-18-36(61-39-19-17-34(48(11)12)29(6)56-39)27(4)21-33(24-50)43(28(5)37(59-32(9)51)22-38(52)60-35)63-46-42(53)41(49(13)14)44(30(7)58-46)62-40-23-47(10,55)45(54)31(8)57-40/h16,18,20,24,26-31,33-37,39-46,53-55H,15,17,19,21-23H2,1-14H3/b18-16+,25-20-/t26-,27+,28-,29+,30+,31-,33+,34-,35+,36?,37+,39-,40-,41+,42+,43+,44+,45-,46-,47+/m0/s1. The molecule has 0 amide bonds. The molecule has 0 aromatic rings. The Morgan fingerprint density at radius 2 is 1.59 bits per heavy atom. The predicted octanol–water partition coefficient (Wildman–Crippen LogP) is 4.15. The third-order valence-corrected chi connectivity index (χ3v) is 13.5.